The minimum absolute atomic E-state index is 0.175. The number of aliphatic hydroxyl groups is 1. The molecule has 2 rings (SSSR count). The molecule has 0 fully saturated rings. The molecule has 2 N–H and O–H groups in total. The van der Waals surface area contributed by atoms with E-state index in [1.54, 1.807) is 31.4 Å². The maximum atomic E-state index is 13.7. The zero-order valence-electron chi connectivity index (χ0n) is 10.9. The zero-order valence-corrected chi connectivity index (χ0v) is 10.9. The molecule has 0 aliphatic rings. The third kappa shape index (κ3) is 3.05. The maximum Gasteiger partial charge on any atom is 0.131 e. The fourth-order valence-corrected chi connectivity index (χ4v) is 1.94. The lowest BCUT2D eigenvalue weighted by atomic mass is 10.1. The number of aliphatic hydroxyl groups excluding tert-OH is 1. The standard InChI is InChI=1S/C15H15F2NO2/c1-20-11-7-5-10(6-8-11)18-14(9-19)15-12(16)3-2-4-13(15)17/h2-8,14,18-19H,9H2,1H3. The van der Waals surface area contributed by atoms with Gasteiger partial charge < -0.3 is 15.2 Å². The van der Waals surface area contributed by atoms with Crippen LogP contribution in [-0.4, -0.2) is 18.8 Å². The number of halogens is 2. The summed E-state index contributed by atoms with van der Waals surface area (Å²) < 4.78 is 32.4. The topological polar surface area (TPSA) is 41.5 Å². The first-order valence-corrected chi connectivity index (χ1v) is 6.11. The van der Waals surface area contributed by atoms with Gasteiger partial charge in [-0.1, -0.05) is 6.07 Å². The lowest BCUT2D eigenvalue weighted by molar-refractivity contribution is 0.271. The minimum atomic E-state index is -0.857. The Morgan fingerprint density at radius 3 is 2.20 bits per heavy atom. The summed E-state index contributed by atoms with van der Waals surface area (Å²) >= 11 is 0. The van der Waals surface area contributed by atoms with Crippen molar-refractivity contribution in [1.29, 1.82) is 0 Å². The highest BCUT2D eigenvalue weighted by Gasteiger charge is 2.19. The molecule has 0 aliphatic carbocycles. The van der Waals surface area contributed by atoms with Crippen LogP contribution in [0.2, 0.25) is 0 Å². The quantitative estimate of drug-likeness (QED) is 0.883. The highest BCUT2D eigenvalue weighted by molar-refractivity contribution is 5.48. The summed E-state index contributed by atoms with van der Waals surface area (Å²) in [5, 5.41) is 12.3. The van der Waals surface area contributed by atoms with Gasteiger partial charge in [0, 0.05) is 11.3 Å². The van der Waals surface area contributed by atoms with Gasteiger partial charge in [-0.05, 0) is 36.4 Å². The Kier molecular flexibility index (Phi) is 4.53. The molecule has 0 saturated carbocycles. The van der Waals surface area contributed by atoms with Crippen LogP contribution in [-0.2, 0) is 0 Å². The van der Waals surface area contributed by atoms with E-state index in [1.165, 1.54) is 6.07 Å². The lowest BCUT2D eigenvalue weighted by Crippen LogP contribution is -2.18. The normalized spacial score (nSPS) is 12.0. The molecule has 1 unspecified atom stereocenters. The Morgan fingerprint density at radius 2 is 1.70 bits per heavy atom. The van der Waals surface area contributed by atoms with Crippen LogP contribution in [0.4, 0.5) is 14.5 Å². The summed E-state index contributed by atoms with van der Waals surface area (Å²) in [6.07, 6.45) is 0. The van der Waals surface area contributed by atoms with E-state index < -0.39 is 24.3 Å². The van der Waals surface area contributed by atoms with Crippen molar-refractivity contribution in [3.8, 4) is 5.75 Å². The van der Waals surface area contributed by atoms with Gasteiger partial charge in [0.25, 0.3) is 0 Å². The second kappa shape index (κ2) is 6.34. The van der Waals surface area contributed by atoms with Crippen molar-refractivity contribution in [3.63, 3.8) is 0 Å². The summed E-state index contributed by atoms with van der Waals surface area (Å²) in [6.45, 7) is -0.427. The Labute approximate surface area is 115 Å². The van der Waals surface area contributed by atoms with E-state index in [2.05, 4.69) is 5.32 Å². The molecule has 2 aromatic rings. The van der Waals surface area contributed by atoms with Crippen LogP contribution in [0.1, 0.15) is 11.6 Å². The van der Waals surface area contributed by atoms with Gasteiger partial charge in [-0.2, -0.15) is 0 Å². The van der Waals surface area contributed by atoms with Gasteiger partial charge in [0.05, 0.1) is 19.8 Å². The first-order valence-electron chi connectivity index (χ1n) is 6.11. The molecular weight excluding hydrogens is 264 g/mol. The molecule has 0 radical (unpaired) electrons. The molecule has 0 bridgehead atoms. The molecule has 0 amide bonds. The van der Waals surface area contributed by atoms with Crippen molar-refractivity contribution in [3.05, 3.63) is 59.7 Å². The van der Waals surface area contributed by atoms with E-state index in [-0.39, 0.29) is 5.56 Å². The van der Waals surface area contributed by atoms with Gasteiger partial charge in [0.2, 0.25) is 0 Å². The predicted molar refractivity (Wildman–Crippen MR) is 72.8 cm³/mol. The van der Waals surface area contributed by atoms with Crippen molar-refractivity contribution < 1.29 is 18.6 Å². The van der Waals surface area contributed by atoms with Crippen molar-refractivity contribution in [2.24, 2.45) is 0 Å². The van der Waals surface area contributed by atoms with E-state index in [1.807, 2.05) is 0 Å². The Hall–Kier alpha value is -2.14. The van der Waals surface area contributed by atoms with E-state index in [9.17, 15) is 13.9 Å². The second-order valence-corrected chi connectivity index (χ2v) is 4.24. The fourth-order valence-electron chi connectivity index (χ4n) is 1.94. The minimum Gasteiger partial charge on any atom is -0.497 e. The monoisotopic (exact) mass is 279 g/mol. The number of hydrogen-bond donors (Lipinski definition) is 2. The SMILES string of the molecule is COc1ccc(NC(CO)c2c(F)cccc2F)cc1. The second-order valence-electron chi connectivity index (χ2n) is 4.24. The van der Waals surface area contributed by atoms with E-state index in [0.29, 0.717) is 11.4 Å². The number of methoxy groups -OCH3 is 1. The largest absolute Gasteiger partial charge is 0.497 e. The van der Waals surface area contributed by atoms with Crippen molar-refractivity contribution in [1.82, 2.24) is 0 Å². The highest BCUT2D eigenvalue weighted by Crippen LogP contribution is 2.25. The molecule has 106 valence electrons. The summed E-state index contributed by atoms with van der Waals surface area (Å²) in [5.74, 6) is -0.705. The fraction of sp³-hybridized carbons (Fsp3) is 0.200. The van der Waals surface area contributed by atoms with Gasteiger partial charge in [0.15, 0.2) is 0 Å². The molecule has 3 nitrogen and oxygen atoms in total. The molecule has 1 atom stereocenters. The molecule has 0 aliphatic heterocycles. The zero-order chi connectivity index (χ0) is 14.5. The van der Waals surface area contributed by atoms with Crippen molar-refractivity contribution >= 4 is 5.69 Å². The average molecular weight is 279 g/mol. The Morgan fingerprint density at radius 1 is 1.10 bits per heavy atom. The van der Waals surface area contributed by atoms with E-state index in [4.69, 9.17) is 4.74 Å². The van der Waals surface area contributed by atoms with Crippen LogP contribution >= 0.6 is 0 Å². The molecule has 20 heavy (non-hydrogen) atoms. The van der Waals surface area contributed by atoms with Gasteiger partial charge in [-0.3, -0.25) is 0 Å². The van der Waals surface area contributed by atoms with Gasteiger partial charge >= 0.3 is 0 Å². The molecule has 0 aromatic heterocycles. The number of benzene rings is 2. The van der Waals surface area contributed by atoms with E-state index in [0.717, 1.165) is 12.1 Å². The van der Waals surface area contributed by atoms with E-state index >= 15 is 0 Å². The number of hydrogen-bond acceptors (Lipinski definition) is 3. The van der Waals surface area contributed by atoms with Crippen LogP contribution in [0.15, 0.2) is 42.5 Å². The summed E-state index contributed by atoms with van der Waals surface area (Å²) in [5.41, 5.74) is 0.457. The third-order valence-electron chi connectivity index (χ3n) is 2.96. The van der Waals surface area contributed by atoms with Crippen LogP contribution in [0.5, 0.6) is 5.75 Å². The van der Waals surface area contributed by atoms with Crippen molar-refractivity contribution in [2.45, 2.75) is 6.04 Å². The first-order chi connectivity index (χ1) is 9.65. The smallest absolute Gasteiger partial charge is 0.131 e. The number of ether oxygens (including phenoxy) is 1. The van der Waals surface area contributed by atoms with Crippen LogP contribution in [0.25, 0.3) is 0 Å². The highest BCUT2D eigenvalue weighted by atomic mass is 19.1. The maximum absolute atomic E-state index is 13.7. The van der Waals surface area contributed by atoms with Gasteiger partial charge in [0.1, 0.15) is 17.4 Å². The average Bonchev–Trinajstić information content (AvgIpc) is 2.46. The Balaban J connectivity index is 2.24. The van der Waals surface area contributed by atoms with Gasteiger partial charge in [-0.15, -0.1) is 0 Å². The predicted octanol–water partition coefficient (Wildman–Crippen LogP) is 3.12. The molecular formula is C15H15F2NO2. The molecule has 0 saturated heterocycles. The number of nitrogens with one attached hydrogen (secondary N) is 1. The van der Waals surface area contributed by atoms with Crippen LogP contribution < -0.4 is 10.1 Å². The molecule has 2 aromatic carbocycles. The van der Waals surface area contributed by atoms with Crippen LogP contribution in [0, 0.1) is 11.6 Å². The number of anilines is 1. The first kappa shape index (κ1) is 14.3. The van der Waals surface area contributed by atoms with Crippen LogP contribution in [0.3, 0.4) is 0 Å². The Bertz CT molecular complexity index is 552. The summed E-state index contributed by atoms with van der Waals surface area (Å²) in [7, 11) is 1.55. The molecule has 0 spiro atoms. The lowest BCUT2D eigenvalue weighted by Gasteiger charge is -2.19. The third-order valence-corrected chi connectivity index (χ3v) is 2.96. The summed E-state index contributed by atoms with van der Waals surface area (Å²) in [4.78, 5) is 0. The molecule has 5 heteroatoms. The van der Waals surface area contributed by atoms with Gasteiger partial charge in [-0.25, -0.2) is 8.78 Å². The summed E-state index contributed by atoms with van der Waals surface area (Å²) in [6, 6.07) is 9.61. The van der Waals surface area contributed by atoms with Crippen molar-refractivity contribution in [2.75, 3.05) is 19.0 Å². The molecule has 0 heterocycles. The number of rotatable bonds is 5.